The Hall–Kier alpha value is -3.64. The molecule has 0 bridgehead atoms. The van der Waals surface area contributed by atoms with Crippen molar-refractivity contribution in [2.75, 3.05) is 43.5 Å². The highest BCUT2D eigenvalue weighted by Crippen LogP contribution is 2.35. The molecule has 1 amide bonds. The van der Waals surface area contributed by atoms with Gasteiger partial charge in [0.1, 0.15) is 30.4 Å². The van der Waals surface area contributed by atoms with Crippen LogP contribution in [-0.2, 0) is 9.53 Å². The first-order valence-corrected chi connectivity index (χ1v) is 9.34. The van der Waals surface area contributed by atoms with Crippen LogP contribution in [0.5, 0.6) is 5.75 Å². The minimum absolute atomic E-state index is 0.0240. The molecular weight excluding hydrogens is 372 g/mol. The molecule has 2 aliphatic rings. The van der Waals surface area contributed by atoms with Gasteiger partial charge in [-0.15, -0.1) is 0 Å². The van der Waals surface area contributed by atoms with Gasteiger partial charge in [0.05, 0.1) is 18.0 Å². The number of carbonyl (C=O) groups is 1. The van der Waals surface area contributed by atoms with Crippen LogP contribution >= 0.6 is 0 Å². The Morgan fingerprint density at radius 3 is 3.07 bits per heavy atom. The lowest BCUT2D eigenvalue weighted by Crippen LogP contribution is -2.42. The maximum absolute atomic E-state index is 11.7. The highest BCUT2D eigenvalue weighted by atomic mass is 16.5. The standard InChI is InChI=1S/C20H20N6O3/c21-11-14(20-25-15-4-1-2-5-17(15)29-20)16-10-18(24-13-23-16)22-6-3-7-26-8-9-28-12-19(26)27/h1-2,4-5,10,13,25H,3,6-9,12H2,(H,22,23,24). The van der Waals surface area contributed by atoms with Gasteiger partial charge in [-0.05, 0) is 18.6 Å². The number of hydrogen-bond donors (Lipinski definition) is 2. The quantitative estimate of drug-likeness (QED) is 0.566. The minimum atomic E-state index is 0.0240. The number of para-hydroxylation sites is 2. The Labute approximate surface area is 168 Å². The number of carbonyl (C=O) groups excluding carboxylic acids is 1. The van der Waals surface area contributed by atoms with E-state index in [4.69, 9.17) is 9.47 Å². The second-order valence-electron chi connectivity index (χ2n) is 6.54. The van der Waals surface area contributed by atoms with Gasteiger partial charge in [0, 0.05) is 25.7 Å². The Balaban J connectivity index is 1.39. The van der Waals surface area contributed by atoms with Crippen molar-refractivity contribution in [1.82, 2.24) is 14.9 Å². The van der Waals surface area contributed by atoms with E-state index in [0.29, 0.717) is 55.0 Å². The molecule has 1 aromatic heterocycles. The lowest BCUT2D eigenvalue weighted by molar-refractivity contribution is -0.142. The number of benzene rings is 1. The van der Waals surface area contributed by atoms with Crippen LogP contribution in [0.15, 0.2) is 42.5 Å². The third kappa shape index (κ3) is 4.28. The van der Waals surface area contributed by atoms with Crippen molar-refractivity contribution in [3.8, 4) is 11.8 Å². The fourth-order valence-corrected chi connectivity index (χ4v) is 3.12. The van der Waals surface area contributed by atoms with Crippen LogP contribution in [0.25, 0.3) is 5.57 Å². The molecule has 0 radical (unpaired) electrons. The normalized spacial score (nSPS) is 17.1. The summed E-state index contributed by atoms with van der Waals surface area (Å²) in [6, 6.07) is 11.3. The van der Waals surface area contributed by atoms with Gasteiger partial charge in [0.2, 0.25) is 11.8 Å². The maximum Gasteiger partial charge on any atom is 0.248 e. The van der Waals surface area contributed by atoms with Crippen molar-refractivity contribution in [3.63, 3.8) is 0 Å². The molecule has 1 fully saturated rings. The predicted molar refractivity (Wildman–Crippen MR) is 106 cm³/mol. The zero-order valence-corrected chi connectivity index (χ0v) is 15.7. The molecule has 4 rings (SSSR count). The molecule has 148 valence electrons. The molecule has 1 aromatic carbocycles. The summed E-state index contributed by atoms with van der Waals surface area (Å²) in [5, 5.41) is 16.0. The highest BCUT2D eigenvalue weighted by molar-refractivity contribution is 5.82. The van der Waals surface area contributed by atoms with E-state index in [2.05, 4.69) is 26.7 Å². The second kappa shape index (κ2) is 8.58. The van der Waals surface area contributed by atoms with Gasteiger partial charge in [-0.2, -0.15) is 5.26 Å². The molecule has 0 atom stereocenters. The van der Waals surface area contributed by atoms with Gasteiger partial charge in [-0.25, -0.2) is 9.97 Å². The van der Waals surface area contributed by atoms with Crippen molar-refractivity contribution in [2.24, 2.45) is 0 Å². The fourth-order valence-electron chi connectivity index (χ4n) is 3.12. The van der Waals surface area contributed by atoms with Gasteiger partial charge >= 0.3 is 0 Å². The van der Waals surface area contributed by atoms with E-state index in [9.17, 15) is 10.1 Å². The fraction of sp³-hybridized carbons (Fsp3) is 0.300. The van der Waals surface area contributed by atoms with Gasteiger partial charge in [0.25, 0.3) is 0 Å². The summed E-state index contributed by atoms with van der Waals surface area (Å²) in [6.45, 7) is 2.68. The number of morpholine rings is 1. The molecule has 9 nitrogen and oxygen atoms in total. The number of hydrogen-bond acceptors (Lipinski definition) is 8. The summed E-state index contributed by atoms with van der Waals surface area (Å²) in [6.07, 6.45) is 2.18. The van der Waals surface area contributed by atoms with Crippen LogP contribution in [0.1, 0.15) is 12.1 Å². The lowest BCUT2D eigenvalue weighted by Gasteiger charge is -2.26. The first-order chi connectivity index (χ1) is 14.2. The predicted octanol–water partition coefficient (Wildman–Crippen LogP) is 1.83. The molecule has 0 aliphatic carbocycles. The average molecular weight is 392 g/mol. The van der Waals surface area contributed by atoms with E-state index in [0.717, 1.165) is 12.1 Å². The summed E-state index contributed by atoms with van der Waals surface area (Å²) in [7, 11) is 0. The van der Waals surface area contributed by atoms with Crippen LogP contribution in [0.4, 0.5) is 11.5 Å². The van der Waals surface area contributed by atoms with Crippen molar-refractivity contribution in [2.45, 2.75) is 6.42 Å². The minimum Gasteiger partial charge on any atom is -0.437 e. The number of nitrogens with one attached hydrogen (secondary N) is 2. The Kier molecular flexibility index (Phi) is 5.54. The third-order valence-electron chi connectivity index (χ3n) is 4.60. The molecular formula is C20H20N6O3. The van der Waals surface area contributed by atoms with Crippen molar-refractivity contribution >= 4 is 23.0 Å². The number of anilines is 2. The number of allylic oxidation sites excluding steroid dienone is 1. The van der Waals surface area contributed by atoms with Crippen molar-refractivity contribution in [1.29, 1.82) is 5.26 Å². The molecule has 1 saturated heterocycles. The van der Waals surface area contributed by atoms with Crippen LogP contribution in [0.2, 0.25) is 0 Å². The Bertz CT molecular complexity index is 957. The smallest absolute Gasteiger partial charge is 0.248 e. The summed E-state index contributed by atoms with van der Waals surface area (Å²) in [5.74, 6) is 1.65. The number of ether oxygens (including phenoxy) is 2. The van der Waals surface area contributed by atoms with E-state index in [-0.39, 0.29) is 12.5 Å². The molecule has 2 aliphatic heterocycles. The number of rotatable bonds is 6. The summed E-state index contributed by atoms with van der Waals surface area (Å²) >= 11 is 0. The van der Waals surface area contributed by atoms with Gasteiger partial charge in [-0.3, -0.25) is 4.79 Å². The zero-order valence-electron chi connectivity index (χ0n) is 15.7. The Morgan fingerprint density at radius 2 is 2.24 bits per heavy atom. The van der Waals surface area contributed by atoms with Crippen molar-refractivity contribution in [3.05, 3.63) is 48.2 Å². The summed E-state index contributed by atoms with van der Waals surface area (Å²) < 4.78 is 10.9. The third-order valence-corrected chi connectivity index (χ3v) is 4.60. The number of nitriles is 1. The Morgan fingerprint density at radius 1 is 1.34 bits per heavy atom. The number of aromatic nitrogens is 2. The first kappa shape index (κ1) is 18.7. The highest BCUT2D eigenvalue weighted by Gasteiger charge is 2.22. The van der Waals surface area contributed by atoms with E-state index in [1.165, 1.54) is 6.33 Å². The molecule has 2 N–H and O–H groups in total. The van der Waals surface area contributed by atoms with Crippen LogP contribution < -0.4 is 15.4 Å². The van der Waals surface area contributed by atoms with Crippen molar-refractivity contribution < 1.29 is 14.3 Å². The second-order valence-corrected chi connectivity index (χ2v) is 6.54. The molecule has 2 aromatic rings. The van der Waals surface area contributed by atoms with Crippen LogP contribution in [0, 0.1) is 11.3 Å². The molecule has 0 saturated carbocycles. The lowest BCUT2D eigenvalue weighted by atomic mass is 10.2. The SMILES string of the molecule is N#CC(=C1Nc2ccccc2O1)c1cc(NCCCN2CCOCC2=O)ncn1. The van der Waals surface area contributed by atoms with E-state index < -0.39 is 0 Å². The maximum atomic E-state index is 11.7. The van der Waals surface area contributed by atoms with Gasteiger partial charge in [0.15, 0.2) is 5.75 Å². The monoisotopic (exact) mass is 392 g/mol. The van der Waals surface area contributed by atoms with E-state index in [1.54, 1.807) is 11.0 Å². The van der Waals surface area contributed by atoms with Gasteiger partial charge < -0.3 is 25.0 Å². The van der Waals surface area contributed by atoms with Crippen LogP contribution in [0.3, 0.4) is 0 Å². The summed E-state index contributed by atoms with van der Waals surface area (Å²) in [5.41, 5.74) is 1.56. The number of amides is 1. The largest absolute Gasteiger partial charge is 0.437 e. The van der Waals surface area contributed by atoms with E-state index >= 15 is 0 Å². The number of nitrogens with zero attached hydrogens (tertiary/aromatic N) is 4. The molecule has 0 unspecified atom stereocenters. The summed E-state index contributed by atoms with van der Waals surface area (Å²) in [4.78, 5) is 21.9. The zero-order chi connectivity index (χ0) is 20.1. The number of fused-ring (bicyclic) bond motifs is 1. The molecule has 0 spiro atoms. The first-order valence-electron chi connectivity index (χ1n) is 9.34. The van der Waals surface area contributed by atoms with Gasteiger partial charge in [-0.1, -0.05) is 12.1 Å². The molecule has 29 heavy (non-hydrogen) atoms. The topological polar surface area (TPSA) is 112 Å². The molecule has 9 heteroatoms. The average Bonchev–Trinajstić information content (AvgIpc) is 3.17. The van der Waals surface area contributed by atoms with E-state index in [1.807, 2.05) is 24.3 Å². The van der Waals surface area contributed by atoms with Crippen LogP contribution in [-0.4, -0.2) is 53.6 Å². The molecule has 3 heterocycles.